The summed E-state index contributed by atoms with van der Waals surface area (Å²) in [4.78, 5) is 77.4. The van der Waals surface area contributed by atoms with Crippen molar-refractivity contribution in [1.82, 2.24) is 25.5 Å². The summed E-state index contributed by atoms with van der Waals surface area (Å²) in [6.07, 6.45) is 0.336. The Morgan fingerprint density at radius 2 is 1.53 bits per heavy atom. The van der Waals surface area contributed by atoms with Gasteiger partial charge in [-0.1, -0.05) is 105 Å². The van der Waals surface area contributed by atoms with Gasteiger partial charge in [-0.05, 0) is 61.1 Å². The Kier molecular flexibility index (Phi) is 20.2. The Balaban J connectivity index is 1.77. The van der Waals surface area contributed by atoms with E-state index in [1.807, 2.05) is 69.9 Å². The molecule has 0 aromatic heterocycles. The number of aliphatic hydroxyl groups is 1. The maximum absolute atomic E-state index is 14.6. The predicted molar refractivity (Wildman–Crippen MR) is 240 cm³/mol. The number of aliphatic hydroxyl groups excluding tert-OH is 1. The van der Waals surface area contributed by atoms with Crippen molar-refractivity contribution in [3.05, 3.63) is 60.2 Å². The van der Waals surface area contributed by atoms with Crippen LogP contribution in [0.25, 0.3) is 0 Å². The van der Waals surface area contributed by atoms with Gasteiger partial charge in [-0.15, -0.1) is 5.06 Å². The van der Waals surface area contributed by atoms with Gasteiger partial charge >= 0.3 is 6.09 Å². The number of carboxylic acid groups (broad SMARTS) is 1. The second kappa shape index (κ2) is 24.2. The lowest BCUT2D eigenvalue weighted by Gasteiger charge is -2.41. The minimum atomic E-state index is -1.21. The number of ether oxygens (including phenoxy) is 1. The van der Waals surface area contributed by atoms with Crippen molar-refractivity contribution >= 4 is 35.4 Å². The number of anilines is 1. The van der Waals surface area contributed by atoms with Crippen molar-refractivity contribution in [3.8, 4) is 5.75 Å². The molecule has 5 N–H and O–H groups in total. The molecular formula is C47H74N6O9. The number of benzene rings is 2. The fourth-order valence-corrected chi connectivity index (χ4v) is 8.90. The topological polar surface area (TPSA) is 190 Å². The van der Waals surface area contributed by atoms with E-state index in [0.717, 1.165) is 12.8 Å². The quantitative estimate of drug-likeness (QED) is 0.0789. The van der Waals surface area contributed by atoms with Crippen LogP contribution in [0.5, 0.6) is 5.75 Å². The van der Waals surface area contributed by atoms with E-state index in [0.29, 0.717) is 36.4 Å². The summed E-state index contributed by atoms with van der Waals surface area (Å²) in [6, 6.07) is 12.7. The Hall–Kier alpha value is -4.73. The molecule has 0 spiro atoms. The zero-order chi connectivity index (χ0) is 46.4. The Morgan fingerprint density at radius 1 is 0.871 bits per heavy atom. The number of carbonyl (C=O) groups excluding carboxylic acids is 4. The molecule has 1 aliphatic rings. The van der Waals surface area contributed by atoms with Crippen LogP contribution in [0.3, 0.4) is 0 Å². The van der Waals surface area contributed by atoms with Crippen molar-refractivity contribution in [3.63, 3.8) is 0 Å². The molecule has 2 aromatic rings. The summed E-state index contributed by atoms with van der Waals surface area (Å²) in [5, 5.41) is 29.7. The molecule has 0 aliphatic carbocycles. The molecule has 1 saturated heterocycles. The highest BCUT2D eigenvalue weighted by molar-refractivity contribution is 5.90. The second-order valence-electron chi connectivity index (χ2n) is 17.7. The SMILES string of the molecule is CC[C@H](CC(=O)N1CCC[C@H]1[C@H](OC)[C@@H](C)C(=O)N[C@H](C)[C@@H](O)c1ccccc1)[C@H]([C@@H](C)CC)N(C)C(=O)[C@@H](NC(=O)[C@H](C(C)C)N(C)Oc1cccc(NC(=O)O)c1)C(C)C. The average Bonchev–Trinajstić information content (AvgIpc) is 3.71. The van der Waals surface area contributed by atoms with E-state index >= 15 is 0 Å². The molecule has 15 heteroatoms. The minimum Gasteiger partial charge on any atom is -0.465 e. The predicted octanol–water partition coefficient (Wildman–Crippen LogP) is 6.34. The summed E-state index contributed by atoms with van der Waals surface area (Å²) in [7, 11) is 4.94. The molecule has 0 unspecified atom stereocenters. The largest absolute Gasteiger partial charge is 0.465 e. The molecule has 1 aliphatic heterocycles. The van der Waals surface area contributed by atoms with Crippen LogP contribution in [0.2, 0.25) is 0 Å². The zero-order valence-corrected chi connectivity index (χ0v) is 39.0. The normalized spacial score (nSPS) is 18.5. The highest BCUT2D eigenvalue weighted by Crippen LogP contribution is 2.32. The summed E-state index contributed by atoms with van der Waals surface area (Å²) in [5.41, 5.74) is 1.01. The van der Waals surface area contributed by atoms with Gasteiger partial charge in [0, 0.05) is 52.0 Å². The molecule has 5 amide bonds. The summed E-state index contributed by atoms with van der Waals surface area (Å²) in [5.74, 6) is -1.95. The number of amides is 5. The van der Waals surface area contributed by atoms with Gasteiger partial charge in [0.2, 0.25) is 23.6 Å². The van der Waals surface area contributed by atoms with Crippen molar-refractivity contribution in [2.24, 2.45) is 29.6 Å². The maximum atomic E-state index is 14.6. The van der Waals surface area contributed by atoms with Crippen molar-refractivity contribution in [2.45, 2.75) is 137 Å². The van der Waals surface area contributed by atoms with Gasteiger partial charge in [-0.2, -0.15) is 0 Å². The van der Waals surface area contributed by atoms with E-state index in [2.05, 4.69) is 29.8 Å². The van der Waals surface area contributed by atoms with Crippen molar-refractivity contribution in [1.29, 1.82) is 0 Å². The van der Waals surface area contributed by atoms with E-state index < -0.39 is 48.3 Å². The highest BCUT2D eigenvalue weighted by atomic mass is 16.7. The number of hydrogen-bond donors (Lipinski definition) is 5. The van der Waals surface area contributed by atoms with Gasteiger partial charge in [-0.3, -0.25) is 24.5 Å². The van der Waals surface area contributed by atoms with Crippen molar-refractivity contribution in [2.75, 3.05) is 33.1 Å². The van der Waals surface area contributed by atoms with E-state index in [-0.39, 0.29) is 59.9 Å². The van der Waals surface area contributed by atoms with Gasteiger partial charge in [0.25, 0.3) is 0 Å². The number of rotatable bonds is 23. The first-order valence-corrected chi connectivity index (χ1v) is 22.2. The summed E-state index contributed by atoms with van der Waals surface area (Å²) < 4.78 is 5.96. The van der Waals surface area contributed by atoms with Gasteiger partial charge in [0.05, 0.1) is 30.2 Å². The highest BCUT2D eigenvalue weighted by Gasteiger charge is 2.43. The third kappa shape index (κ3) is 13.6. The minimum absolute atomic E-state index is 0.0255. The van der Waals surface area contributed by atoms with E-state index in [1.54, 1.807) is 58.2 Å². The first-order valence-electron chi connectivity index (χ1n) is 22.2. The fourth-order valence-electron chi connectivity index (χ4n) is 8.90. The summed E-state index contributed by atoms with van der Waals surface area (Å²) in [6.45, 7) is 17.8. The number of nitrogens with one attached hydrogen (secondary N) is 3. The molecule has 10 atom stereocenters. The first-order chi connectivity index (χ1) is 29.3. The second-order valence-corrected chi connectivity index (χ2v) is 17.7. The maximum Gasteiger partial charge on any atom is 0.409 e. The number of likely N-dealkylation sites (N-methyl/N-ethyl adjacent to an activating group) is 2. The molecule has 1 fully saturated rings. The Bertz CT molecular complexity index is 1760. The summed E-state index contributed by atoms with van der Waals surface area (Å²) >= 11 is 0. The third-order valence-electron chi connectivity index (χ3n) is 12.5. The number of carbonyl (C=O) groups is 5. The van der Waals surface area contributed by atoms with E-state index in [1.165, 1.54) is 11.1 Å². The molecule has 346 valence electrons. The zero-order valence-electron chi connectivity index (χ0n) is 39.0. The molecule has 62 heavy (non-hydrogen) atoms. The van der Waals surface area contributed by atoms with Gasteiger partial charge < -0.3 is 40.2 Å². The molecule has 0 saturated carbocycles. The van der Waals surface area contributed by atoms with E-state index in [9.17, 15) is 29.1 Å². The van der Waals surface area contributed by atoms with Crippen LogP contribution in [0.1, 0.15) is 106 Å². The molecule has 0 radical (unpaired) electrons. The monoisotopic (exact) mass is 867 g/mol. The number of hydrogen-bond acceptors (Lipinski definition) is 9. The lowest BCUT2D eigenvalue weighted by Crippen LogP contribution is -2.59. The fraction of sp³-hybridized carbons (Fsp3) is 0.638. The lowest BCUT2D eigenvalue weighted by atomic mass is 9.82. The van der Waals surface area contributed by atoms with E-state index in [4.69, 9.17) is 14.7 Å². The standard InChI is InChI=1S/C47H74N6O9/c1-13-30(7)41(51(10)46(58)39(28(3)4)50-45(57)40(29(5)6)52(11)62-36-23-18-22-35(27-36)49-47(59)60)33(14-2)26-38(54)53-25-19-24-37(53)43(61-12)31(8)44(56)48-32(9)42(55)34-20-16-15-17-21-34/h15-18,20-23,27-33,37,39-43,49,55H,13-14,19,24-26H2,1-12H3,(H,48,56)(H,50,57)(H,59,60)/t30-,31+,32+,33+,37-,39-,40-,41-,42+,43+/m0/s1. The van der Waals surface area contributed by atoms with Crippen LogP contribution >= 0.6 is 0 Å². The van der Waals surface area contributed by atoms with Crippen LogP contribution in [0, 0.1) is 29.6 Å². The number of nitrogens with zero attached hydrogens (tertiary/aromatic N) is 3. The average molecular weight is 867 g/mol. The molecule has 3 rings (SSSR count). The van der Waals surface area contributed by atoms with Crippen molar-refractivity contribution < 1.29 is 43.8 Å². The first kappa shape index (κ1) is 51.6. The smallest absolute Gasteiger partial charge is 0.409 e. The number of likely N-dealkylation sites (tertiary alicyclic amines) is 1. The van der Waals surface area contributed by atoms with Gasteiger partial charge in [0.1, 0.15) is 17.8 Å². The molecule has 1 heterocycles. The molecule has 15 nitrogen and oxygen atoms in total. The van der Waals surface area contributed by atoms with Gasteiger partial charge in [0.15, 0.2) is 0 Å². The molecule has 2 aromatic carbocycles. The third-order valence-corrected chi connectivity index (χ3v) is 12.5. The van der Waals surface area contributed by atoms with Crippen LogP contribution in [-0.4, -0.2) is 119 Å². The number of methoxy groups -OCH3 is 1. The van der Waals surface area contributed by atoms with Gasteiger partial charge in [-0.25, -0.2) is 4.79 Å². The van der Waals surface area contributed by atoms with Crippen LogP contribution < -0.4 is 20.8 Å². The lowest BCUT2D eigenvalue weighted by molar-refractivity contribution is -0.150. The van der Waals surface area contributed by atoms with Crippen LogP contribution in [-0.2, 0) is 23.9 Å². The molecular weight excluding hydrogens is 793 g/mol. The number of hydroxylamine groups is 2. The molecule has 0 bridgehead atoms. The van der Waals surface area contributed by atoms with Crippen LogP contribution in [0.4, 0.5) is 10.5 Å². The Morgan fingerprint density at radius 3 is 2.10 bits per heavy atom. The Labute approximate surface area is 369 Å². The van der Waals surface area contributed by atoms with Crippen LogP contribution in [0.15, 0.2) is 54.6 Å².